The Hall–Kier alpha value is -2.66. The average Bonchev–Trinajstić information content (AvgIpc) is 2.61. The van der Waals surface area contributed by atoms with E-state index in [1.54, 1.807) is 38.5 Å². The number of halogens is 1. The Bertz CT molecular complexity index is 979. The molecule has 24 heavy (non-hydrogen) atoms. The van der Waals surface area contributed by atoms with Crippen LogP contribution in [0.2, 0.25) is 5.02 Å². The molecule has 1 N–H and O–H groups in total. The first-order chi connectivity index (χ1) is 11.6. The Balaban J connectivity index is 2.26. The van der Waals surface area contributed by atoms with E-state index < -0.39 is 0 Å². The molecule has 0 unspecified atom stereocenters. The maximum atomic E-state index is 9.35. The van der Waals surface area contributed by atoms with Crippen molar-refractivity contribution in [3.63, 3.8) is 0 Å². The Morgan fingerprint density at radius 3 is 2.46 bits per heavy atom. The Morgan fingerprint density at radius 1 is 1.04 bits per heavy atom. The summed E-state index contributed by atoms with van der Waals surface area (Å²) in [5, 5.41) is 14.3. The molecule has 0 aliphatic rings. The quantitative estimate of drug-likeness (QED) is 0.565. The van der Waals surface area contributed by atoms with E-state index >= 15 is 0 Å². The summed E-state index contributed by atoms with van der Waals surface area (Å²) in [6.45, 7) is 1.89. The predicted molar refractivity (Wildman–Crippen MR) is 91.9 cm³/mol. The standard InChI is InChI=1S/C18H16ClNO4/c1-10-6-17-12(8-13(10)19)14(20-21)9-16(24-17)11-4-5-15(22-2)18(7-11)23-3/h4-9,21H,1-3H3/b20-14+. The largest absolute Gasteiger partial charge is 0.493 e. The van der Waals surface area contributed by atoms with Gasteiger partial charge in [-0.25, -0.2) is 0 Å². The number of hydrogen-bond donors (Lipinski definition) is 1. The molecular weight excluding hydrogens is 330 g/mol. The first-order valence-electron chi connectivity index (χ1n) is 7.22. The lowest BCUT2D eigenvalue weighted by molar-refractivity contribution is 0.302. The van der Waals surface area contributed by atoms with Crippen LogP contribution in [0.25, 0.3) is 22.3 Å². The molecule has 0 saturated carbocycles. The summed E-state index contributed by atoms with van der Waals surface area (Å²) in [5.74, 6) is 1.75. The van der Waals surface area contributed by atoms with Gasteiger partial charge in [0.2, 0.25) is 0 Å². The Kier molecular flexibility index (Phi) is 4.36. The van der Waals surface area contributed by atoms with Crippen molar-refractivity contribution in [2.24, 2.45) is 5.16 Å². The molecule has 0 spiro atoms. The molecule has 0 amide bonds. The summed E-state index contributed by atoms with van der Waals surface area (Å²) in [6.07, 6.45) is 0. The van der Waals surface area contributed by atoms with Crippen LogP contribution >= 0.6 is 11.6 Å². The average molecular weight is 346 g/mol. The van der Waals surface area contributed by atoms with Gasteiger partial charge in [0, 0.05) is 22.0 Å². The number of methoxy groups -OCH3 is 2. The summed E-state index contributed by atoms with van der Waals surface area (Å²) in [6, 6.07) is 10.6. The summed E-state index contributed by atoms with van der Waals surface area (Å²) in [4.78, 5) is 0. The molecule has 2 aromatic carbocycles. The van der Waals surface area contributed by atoms with Gasteiger partial charge in [-0.05, 0) is 42.8 Å². The zero-order chi connectivity index (χ0) is 17.3. The maximum absolute atomic E-state index is 9.35. The normalized spacial score (nSPS) is 11.8. The van der Waals surface area contributed by atoms with Crippen LogP contribution < -0.4 is 14.8 Å². The van der Waals surface area contributed by atoms with E-state index in [-0.39, 0.29) is 0 Å². The van der Waals surface area contributed by atoms with Crippen LogP contribution in [-0.2, 0) is 0 Å². The zero-order valence-corrected chi connectivity index (χ0v) is 14.2. The zero-order valence-electron chi connectivity index (χ0n) is 13.5. The lowest BCUT2D eigenvalue weighted by Gasteiger charge is -2.10. The van der Waals surface area contributed by atoms with Crippen LogP contribution in [0.15, 0.2) is 46.0 Å². The van der Waals surface area contributed by atoms with Crippen molar-refractivity contribution in [1.29, 1.82) is 0 Å². The van der Waals surface area contributed by atoms with Crippen molar-refractivity contribution in [3.8, 4) is 22.8 Å². The highest BCUT2D eigenvalue weighted by molar-refractivity contribution is 6.32. The molecule has 1 aromatic heterocycles. The van der Waals surface area contributed by atoms with Crippen LogP contribution in [0.1, 0.15) is 5.56 Å². The van der Waals surface area contributed by atoms with Gasteiger partial charge >= 0.3 is 0 Å². The van der Waals surface area contributed by atoms with E-state index in [0.717, 1.165) is 11.1 Å². The molecule has 0 aliphatic carbocycles. The fraction of sp³-hybridized carbons (Fsp3) is 0.167. The summed E-state index contributed by atoms with van der Waals surface area (Å²) in [5.41, 5.74) is 2.23. The van der Waals surface area contributed by atoms with Crippen LogP contribution in [0, 0.1) is 6.92 Å². The fourth-order valence-electron chi connectivity index (χ4n) is 2.50. The Labute approximate surface area is 143 Å². The second-order valence-electron chi connectivity index (χ2n) is 5.26. The van der Waals surface area contributed by atoms with E-state index in [9.17, 15) is 5.21 Å². The molecule has 3 aromatic rings. The summed E-state index contributed by atoms with van der Waals surface area (Å²) >= 11 is 6.15. The van der Waals surface area contributed by atoms with Gasteiger partial charge in [-0.3, -0.25) is 0 Å². The van der Waals surface area contributed by atoms with Crippen molar-refractivity contribution in [3.05, 3.63) is 52.3 Å². The SMILES string of the molecule is COc1ccc(-c2c/c(=N\O)c3cc(Cl)c(C)cc3o2)cc1OC. The first-order valence-corrected chi connectivity index (χ1v) is 7.59. The maximum Gasteiger partial charge on any atom is 0.161 e. The number of nitrogens with zero attached hydrogens (tertiary/aromatic N) is 1. The second-order valence-corrected chi connectivity index (χ2v) is 5.67. The van der Waals surface area contributed by atoms with Gasteiger partial charge in [-0.1, -0.05) is 16.8 Å². The van der Waals surface area contributed by atoms with E-state index in [1.165, 1.54) is 0 Å². The molecule has 3 rings (SSSR count). The second kappa shape index (κ2) is 6.45. The number of aryl methyl sites for hydroxylation is 1. The molecule has 6 heteroatoms. The van der Waals surface area contributed by atoms with Crippen LogP contribution in [0.5, 0.6) is 11.5 Å². The first kappa shape index (κ1) is 16.2. The van der Waals surface area contributed by atoms with Gasteiger partial charge in [0.05, 0.1) is 14.2 Å². The molecule has 1 heterocycles. The van der Waals surface area contributed by atoms with Gasteiger partial charge in [0.25, 0.3) is 0 Å². The van der Waals surface area contributed by atoms with Crippen LogP contribution in [-0.4, -0.2) is 19.4 Å². The number of hydrogen-bond acceptors (Lipinski definition) is 5. The highest BCUT2D eigenvalue weighted by atomic mass is 35.5. The number of fused-ring (bicyclic) bond motifs is 1. The Morgan fingerprint density at radius 2 is 1.79 bits per heavy atom. The highest BCUT2D eigenvalue weighted by Crippen LogP contribution is 2.33. The van der Waals surface area contributed by atoms with Crippen LogP contribution in [0.3, 0.4) is 0 Å². The van der Waals surface area contributed by atoms with Crippen molar-refractivity contribution >= 4 is 22.6 Å². The molecule has 5 nitrogen and oxygen atoms in total. The molecule has 0 radical (unpaired) electrons. The van der Waals surface area contributed by atoms with Gasteiger partial charge in [-0.15, -0.1) is 0 Å². The van der Waals surface area contributed by atoms with E-state index in [4.69, 9.17) is 25.5 Å². The molecule has 0 bridgehead atoms. The number of benzene rings is 2. The molecule has 0 atom stereocenters. The minimum absolute atomic E-state index is 0.378. The molecule has 0 aliphatic heterocycles. The van der Waals surface area contributed by atoms with E-state index in [0.29, 0.717) is 38.6 Å². The minimum atomic E-state index is 0.378. The smallest absolute Gasteiger partial charge is 0.161 e. The monoisotopic (exact) mass is 345 g/mol. The highest BCUT2D eigenvalue weighted by Gasteiger charge is 2.11. The third-order valence-corrected chi connectivity index (χ3v) is 4.21. The van der Waals surface area contributed by atoms with Gasteiger partial charge < -0.3 is 19.1 Å². The van der Waals surface area contributed by atoms with Crippen molar-refractivity contribution in [1.82, 2.24) is 0 Å². The third kappa shape index (κ3) is 2.78. The van der Waals surface area contributed by atoms with Gasteiger partial charge in [-0.2, -0.15) is 0 Å². The van der Waals surface area contributed by atoms with Crippen molar-refractivity contribution in [2.75, 3.05) is 14.2 Å². The topological polar surface area (TPSA) is 64.2 Å². The molecular formula is C18H16ClNO4. The van der Waals surface area contributed by atoms with Crippen molar-refractivity contribution in [2.45, 2.75) is 6.92 Å². The fourth-order valence-corrected chi connectivity index (χ4v) is 2.67. The molecule has 0 fully saturated rings. The number of ether oxygens (including phenoxy) is 2. The van der Waals surface area contributed by atoms with Gasteiger partial charge in [0.15, 0.2) is 11.5 Å². The minimum Gasteiger partial charge on any atom is -0.493 e. The van der Waals surface area contributed by atoms with Crippen molar-refractivity contribution < 1.29 is 19.1 Å². The lowest BCUT2D eigenvalue weighted by Crippen LogP contribution is -2.04. The lowest BCUT2D eigenvalue weighted by atomic mass is 10.1. The van der Waals surface area contributed by atoms with E-state index in [1.807, 2.05) is 19.1 Å². The summed E-state index contributed by atoms with van der Waals surface area (Å²) in [7, 11) is 3.15. The van der Waals surface area contributed by atoms with Crippen LogP contribution in [0.4, 0.5) is 0 Å². The number of rotatable bonds is 3. The molecule has 124 valence electrons. The third-order valence-electron chi connectivity index (χ3n) is 3.80. The molecule has 0 saturated heterocycles. The van der Waals surface area contributed by atoms with E-state index in [2.05, 4.69) is 5.16 Å². The van der Waals surface area contributed by atoms with Gasteiger partial charge in [0.1, 0.15) is 16.7 Å². The summed E-state index contributed by atoms with van der Waals surface area (Å²) < 4.78 is 16.5. The predicted octanol–water partition coefficient (Wildman–Crippen LogP) is 4.37.